The summed E-state index contributed by atoms with van der Waals surface area (Å²) in [6, 6.07) is -1.24. The summed E-state index contributed by atoms with van der Waals surface area (Å²) < 4.78 is 4.89. The molecule has 86 valence electrons. The van der Waals surface area contributed by atoms with E-state index in [0.717, 1.165) is 4.90 Å². The van der Waals surface area contributed by atoms with Crippen LogP contribution in [0.4, 0.5) is 4.79 Å². The second-order valence-electron chi connectivity index (χ2n) is 4.26. The lowest BCUT2D eigenvalue weighted by atomic mass is 9.95. The van der Waals surface area contributed by atoms with Gasteiger partial charge < -0.3 is 19.7 Å². The molecule has 0 aromatic heterocycles. The molecule has 0 bridgehead atoms. The van der Waals surface area contributed by atoms with Crippen LogP contribution in [0.1, 0.15) is 27.7 Å². The van der Waals surface area contributed by atoms with E-state index in [-0.39, 0.29) is 0 Å². The number of carbonyl (C=O) groups excluding carboxylic acids is 2. The molecule has 2 atom stereocenters. The van der Waals surface area contributed by atoms with Gasteiger partial charge in [-0.05, 0) is 27.7 Å². The second kappa shape index (κ2) is 3.10. The Morgan fingerprint density at radius 3 is 2.27 bits per heavy atom. The van der Waals surface area contributed by atoms with Gasteiger partial charge in [-0.25, -0.2) is 4.79 Å². The average Bonchev–Trinajstić information content (AvgIpc) is 2.16. The molecule has 1 saturated heterocycles. The number of rotatable bonds is 2. The summed E-state index contributed by atoms with van der Waals surface area (Å²) in [5.74, 6) is -1.44. The van der Waals surface area contributed by atoms with Gasteiger partial charge in [0, 0.05) is 0 Å². The maximum atomic E-state index is 11.4. The number of carbonyl (C=O) groups is 2. The first-order valence-corrected chi connectivity index (χ1v) is 4.57. The summed E-state index contributed by atoms with van der Waals surface area (Å²) in [6.45, 7) is 5.60. The number of ether oxygens (including phenoxy) is 1. The molecule has 0 radical (unpaired) electrons. The Morgan fingerprint density at radius 1 is 1.53 bits per heavy atom. The normalized spacial score (nSPS) is 31.3. The largest absolute Gasteiger partial charge is 0.548 e. The highest BCUT2D eigenvalue weighted by Crippen LogP contribution is 2.38. The minimum absolute atomic E-state index is 0.766. The Kier molecular flexibility index (Phi) is 2.43. The molecule has 1 fully saturated rings. The van der Waals surface area contributed by atoms with Gasteiger partial charge in [-0.15, -0.1) is 0 Å². The zero-order valence-corrected chi connectivity index (χ0v) is 9.10. The molecule has 1 aliphatic rings. The van der Waals surface area contributed by atoms with Gasteiger partial charge in [-0.3, -0.25) is 4.90 Å². The SMILES string of the molecule is C[C@H](C(=O)[O-])N1C(=O)OC(C)(C)[C@]1(C)O. The Balaban J connectivity index is 3.10. The molecule has 1 heterocycles. The van der Waals surface area contributed by atoms with Crippen molar-refractivity contribution < 1.29 is 24.5 Å². The van der Waals surface area contributed by atoms with Crippen molar-refractivity contribution in [1.29, 1.82) is 0 Å². The summed E-state index contributed by atoms with van der Waals surface area (Å²) in [6.07, 6.45) is -0.860. The summed E-state index contributed by atoms with van der Waals surface area (Å²) in [5, 5.41) is 20.7. The molecule has 0 aliphatic carbocycles. The third kappa shape index (κ3) is 1.54. The third-order valence-corrected chi connectivity index (χ3v) is 2.88. The number of carboxylic acid groups (broad SMARTS) is 1. The zero-order valence-electron chi connectivity index (χ0n) is 9.10. The van der Waals surface area contributed by atoms with E-state index in [0.29, 0.717) is 0 Å². The molecule has 0 spiro atoms. The van der Waals surface area contributed by atoms with Crippen molar-refractivity contribution in [1.82, 2.24) is 4.90 Å². The predicted octanol–water partition coefficient (Wildman–Crippen LogP) is -0.936. The second-order valence-corrected chi connectivity index (χ2v) is 4.26. The number of aliphatic carboxylic acids is 1. The van der Waals surface area contributed by atoms with Crippen LogP contribution in [-0.4, -0.2) is 39.4 Å². The van der Waals surface area contributed by atoms with Crippen molar-refractivity contribution in [2.75, 3.05) is 0 Å². The van der Waals surface area contributed by atoms with E-state index in [1.165, 1.54) is 27.7 Å². The number of hydrogen-bond donors (Lipinski definition) is 1. The quantitative estimate of drug-likeness (QED) is 0.643. The number of nitrogens with zero attached hydrogens (tertiary/aromatic N) is 1. The van der Waals surface area contributed by atoms with E-state index in [1.807, 2.05) is 0 Å². The van der Waals surface area contributed by atoms with Crippen molar-refractivity contribution in [2.24, 2.45) is 0 Å². The van der Waals surface area contributed by atoms with Gasteiger partial charge in [0.1, 0.15) is 0 Å². The number of carboxylic acids is 1. The van der Waals surface area contributed by atoms with Crippen molar-refractivity contribution in [3.63, 3.8) is 0 Å². The maximum Gasteiger partial charge on any atom is 0.413 e. The monoisotopic (exact) mass is 216 g/mol. The maximum absolute atomic E-state index is 11.4. The first kappa shape index (κ1) is 11.8. The Hall–Kier alpha value is -1.30. The fourth-order valence-corrected chi connectivity index (χ4v) is 1.47. The molecule has 0 aromatic rings. The van der Waals surface area contributed by atoms with Crippen LogP contribution in [0.2, 0.25) is 0 Å². The van der Waals surface area contributed by atoms with E-state index in [2.05, 4.69) is 0 Å². The molecule has 6 nitrogen and oxygen atoms in total. The van der Waals surface area contributed by atoms with E-state index in [4.69, 9.17) is 4.74 Å². The van der Waals surface area contributed by atoms with Crippen molar-refractivity contribution in [3.8, 4) is 0 Å². The van der Waals surface area contributed by atoms with Crippen molar-refractivity contribution >= 4 is 12.1 Å². The number of cyclic esters (lactones) is 1. The third-order valence-electron chi connectivity index (χ3n) is 2.88. The first-order chi connectivity index (χ1) is 6.61. The molecule has 0 aromatic carbocycles. The molecule has 1 aliphatic heterocycles. The highest BCUT2D eigenvalue weighted by Gasteiger charge is 2.58. The zero-order chi connectivity index (χ0) is 12.0. The highest BCUT2D eigenvalue weighted by atomic mass is 16.6. The molecule has 6 heteroatoms. The van der Waals surface area contributed by atoms with E-state index in [9.17, 15) is 19.8 Å². The van der Waals surface area contributed by atoms with Crippen LogP contribution in [0.15, 0.2) is 0 Å². The number of aliphatic hydroxyl groups is 1. The Labute approximate surface area is 87.4 Å². The van der Waals surface area contributed by atoms with Gasteiger partial charge in [0.15, 0.2) is 11.3 Å². The first-order valence-electron chi connectivity index (χ1n) is 4.57. The van der Waals surface area contributed by atoms with Gasteiger partial charge in [0.25, 0.3) is 0 Å². The topological polar surface area (TPSA) is 89.9 Å². The fraction of sp³-hybridized carbons (Fsp3) is 0.778. The van der Waals surface area contributed by atoms with E-state index >= 15 is 0 Å². The summed E-state index contributed by atoms with van der Waals surface area (Å²) >= 11 is 0. The Bertz CT molecular complexity index is 310. The molecule has 1 N–H and O–H groups in total. The van der Waals surface area contributed by atoms with Crippen LogP contribution in [0.5, 0.6) is 0 Å². The molecule has 0 saturated carbocycles. The van der Waals surface area contributed by atoms with Crippen LogP contribution in [0, 0.1) is 0 Å². The minimum atomic E-state index is -1.68. The smallest absolute Gasteiger partial charge is 0.413 e. The number of hydrogen-bond acceptors (Lipinski definition) is 5. The van der Waals surface area contributed by atoms with Crippen LogP contribution < -0.4 is 5.11 Å². The van der Waals surface area contributed by atoms with Crippen LogP contribution in [0.3, 0.4) is 0 Å². The predicted molar refractivity (Wildman–Crippen MR) is 47.5 cm³/mol. The average molecular weight is 216 g/mol. The van der Waals surface area contributed by atoms with Crippen LogP contribution in [0.25, 0.3) is 0 Å². The molecule has 1 rings (SSSR count). The fourth-order valence-electron chi connectivity index (χ4n) is 1.47. The van der Waals surface area contributed by atoms with Gasteiger partial charge in [-0.1, -0.05) is 0 Å². The summed E-state index contributed by atoms with van der Waals surface area (Å²) in [4.78, 5) is 22.8. The van der Waals surface area contributed by atoms with Gasteiger partial charge >= 0.3 is 6.09 Å². The van der Waals surface area contributed by atoms with Gasteiger partial charge in [0.05, 0.1) is 12.0 Å². The van der Waals surface area contributed by atoms with Crippen LogP contribution >= 0.6 is 0 Å². The lowest BCUT2D eigenvalue weighted by molar-refractivity contribution is -0.313. The minimum Gasteiger partial charge on any atom is -0.548 e. The standard InChI is InChI=1S/C9H15NO5/c1-5(6(11)12)10-7(13)15-8(2,3)9(10,4)14/h5,14H,1-4H3,(H,11,12)/p-1/t5-,9+/m1/s1. The highest BCUT2D eigenvalue weighted by molar-refractivity contribution is 5.80. The summed E-state index contributed by atoms with van der Waals surface area (Å²) in [5.41, 5.74) is -2.84. The Morgan fingerprint density at radius 2 is 2.00 bits per heavy atom. The summed E-state index contributed by atoms with van der Waals surface area (Å²) in [7, 11) is 0. The van der Waals surface area contributed by atoms with Crippen molar-refractivity contribution in [3.05, 3.63) is 0 Å². The van der Waals surface area contributed by atoms with Crippen LogP contribution in [-0.2, 0) is 9.53 Å². The van der Waals surface area contributed by atoms with Crippen molar-refractivity contribution in [2.45, 2.75) is 45.1 Å². The molecule has 0 unspecified atom stereocenters. The number of amides is 1. The van der Waals surface area contributed by atoms with E-state index < -0.39 is 29.4 Å². The van der Waals surface area contributed by atoms with Gasteiger partial charge in [0.2, 0.25) is 0 Å². The lowest BCUT2D eigenvalue weighted by Gasteiger charge is -2.38. The molecule has 1 amide bonds. The molecule has 15 heavy (non-hydrogen) atoms. The molecular weight excluding hydrogens is 202 g/mol. The molecular formula is C9H14NO5-. The lowest BCUT2D eigenvalue weighted by Crippen LogP contribution is -2.60. The van der Waals surface area contributed by atoms with Gasteiger partial charge in [-0.2, -0.15) is 0 Å². The van der Waals surface area contributed by atoms with E-state index in [1.54, 1.807) is 0 Å².